The molecule has 0 aromatic heterocycles. The van der Waals surface area contributed by atoms with E-state index in [9.17, 15) is 9.59 Å². The van der Waals surface area contributed by atoms with Crippen molar-refractivity contribution in [2.75, 3.05) is 26.7 Å². The fourth-order valence-corrected chi connectivity index (χ4v) is 2.71. The number of likely N-dealkylation sites (tertiary alicyclic amines) is 1. The highest BCUT2D eigenvalue weighted by Gasteiger charge is 2.29. The number of hydrogen-bond donors (Lipinski definition) is 1. The van der Waals surface area contributed by atoms with Crippen LogP contribution in [-0.2, 0) is 14.3 Å². The van der Waals surface area contributed by atoms with Gasteiger partial charge in [-0.3, -0.25) is 9.59 Å². The fraction of sp³-hybridized carbons (Fsp3) is 0.833. The first-order chi connectivity index (χ1) is 8.19. The van der Waals surface area contributed by atoms with Gasteiger partial charge in [-0.05, 0) is 25.8 Å². The summed E-state index contributed by atoms with van der Waals surface area (Å²) in [7, 11) is 1.44. The molecule has 0 bridgehead atoms. The average Bonchev–Trinajstić information content (AvgIpc) is 2.74. The van der Waals surface area contributed by atoms with Crippen molar-refractivity contribution in [3.8, 4) is 0 Å². The van der Waals surface area contributed by atoms with Crippen LogP contribution in [-0.4, -0.2) is 49.6 Å². The van der Waals surface area contributed by atoms with Crippen molar-refractivity contribution < 1.29 is 14.3 Å². The van der Waals surface area contributed by atoms with Crippen molar-refractivity contribution in [1.82, 2.24) is 10.2 Å². The summed E-state index contributed by atoms with van der Waals surface area (Å²) in [5, 5.41) is 2.96. The Kier molecular flexibility index (Phi) is 3.99. The molecular weight excluding hydrogens is 220 g/mol. The van der Waals surface area contributed by atoms with Crippen LogP contribution >= 0.6 is 0 Å². The quantitative estimate of drug-likeness (QED) is 0.713. The van der Waals surface area contributed by atoms with Crippen LogP contribution < -0.4 is 5.32 Å². The van der Waals surface area contributed by atoms with E-state index in [0.29, 0.717) is 6.42 Å². The van der Waals surface area contributed by atoms with Gasteiger partial charge in [0.1, 0.15) is 0 Å². The summed E-state index contributed by atoms with van der Waals surface area (Å²) < 4.78 is 4.79. The second-order valence-corrected chi connectivity index (χ2v) is 4.92. The number of carbonyl (C=O) groups is 2. The number of amides is 1. The lowest BCUT2D eigenvalue weighted by Crippen LogP contribution is -2.45. The molecule has 1 N–H and O–H groups in total. The van der Waals surface area contributed by atoms with Crippen LogP contribution in [0.2, 0.25) is 0 Å². The first-order valence-electron chi connectivity index (χ1n) is 6.28. The van der Waals surface area contributed by atoms with Gasteiger partial charge in [-0.1, -0.05) is 0 Å². The minimum absolute atomic E-state index is 0.00542. The summed E-state index contributed by atoms with van der Waals surface area (Å²) in [6, 6.07) is 0.263. The lowest BCUT2D eigenvalue weighted by Gasteiger charge is -2.32. The Balaban J connectivity index is 1.81. The zero-order valence-corrected chi connectivity index (χ0v) is 10.3. The number of hydrogen-bond acceptors (Lipinski definition) is 4. The van der Waals surface area contributed by atoms with Gasteiger partial charge in [0.15, 0.2) is 0 Å². The molecule has 2 atom stereocenters. The highest BCUT2D eigenvalue weighted by Crippen LogP contribution is 2.19. The molecule has 1 unspecified atom stereocenters. The van der Waals surface area contributed by atoms with Crippen molar-refractivity contribution in [2.24, 2.45) is 5.92 Å². The SMILES string of the molecule is COC(=O)[C@H]1CCCN(CC2CCC(=O)N2)C1. The van der Waals surface area contributed by atoms with Gasteiger partial charge in [-0.25, -0.2) is 0 Å². The molecule has 2 rings (SSSR count). The maximum atomic E-state index is 11.5. The maximum absolute atomic E-state index is 11.5. The van der Waals surface area contributed by atoms with E-state index in [1.54, 1.807) is 0 Å². The van der Waals surface area contributed by atoms with E-state index in [-0.39, 0.29) is 23.8 Å². The van der Waals surface area contributed by atoms with E-state index in [1.807, 2.05) is 0 Å². The van der Waals surface area contributed by atoms with Gasteiger partial charge in [0.05, 0.1) is 13.0 Å². The van der Waals surface area contributed by atoms with Crippen LogP contribution in [0.3, 0.4) is 0 Å². The van der Waals surface area contributed by atoms with Crippen LogP contribution in [0.25, 0.3) is 0 Å². The van der Waals surface area contributed by atoms with Crippen molar-refractivity contribution >= 4 is 11.9 Å². The molecule has 0 aliphatic carbocycles. The van der Waals surface area contributed by atoms with Crippen LogP contribution in [0, 0.1) is 5.92 Å². The van der Waals surface area contributed by atoms with Gasteiger partial charge in [0.25, 0.3) is 0 Å². The van der Waals surface area contributed by atoms with E-state index in [1.165, 1.54) is 7.11 Å². The molecule has 5 heteroatoms. The minimum atomic E-state index is -0.106. The summed E-state index contributed by atoms with van der Waals surface area (Å²) in [6.45, 7) is 2.64. The van der Waals surface area contributed by atoms with Gasteiger partial charge in [0.2, 0.25) is 5.91 Å². The third-order valence-electron chi connectivity index (χ3n) is 3.60. The predicted octanol–water partition coefficient (Wildman–Crippen LogP) is 0.150. The smallest absolute Gasteiger partial charge is 0.309 e. The maximum Gasteiger partial charge on any atom is 0.309 e. The third kappa shape index (κ3) is 3.19. The Hall–Kier alpha value is -1.10. The monoisotopic (exact) mass is 240 g/mol. The Morgan fingerprint density at radius 2 is 2.35 bits per heavy atom. The number of nitrogens with one attached hydrogen (secondary N) is 1. The molecule has 0 aromatic carbocycles. The Labute approximate surface area is 101 Å². The Morgan fingerprint density at radius 1 is 1.53 bits per heavy atom. The van der Waals surface area contributed by atoms with Gasteiger partial charge >= 0.3 is 5.97 Å². The fourth-order valence-electron chi connectivity index (χ4n) is 2.71. The van der Waals surface area contributed by atoms with Crippen LogP contribution in [0.4, 0.5) is 0 Å². The molecule has 96 valence electrons. The number of carbonyl (C=O) groups excluding carboxylic acids is 2. The molecule has 0 radical (unpaired) electrons. The van der Waals surface area contributed by atoms with E-state index in [2.05, 4.69) is 10.2 Å². The number of nitrogens with zero attached hydrogens (tertiary/aromatic N) is 1. The minimum Gasteiger partial charge on any atom is -0.469 e. The van der Waals surface area contributed by atoms with Crippen LogP contribution in [0.15, 0.2) is 0 Å². The number of ether oxygens (including phenoxy) is 1. The molecule has 0 saturated carbocycles. The normalized spacial score (nSPS) is 30.1. The summed E-state index contributed by atoms with van der Waals surface area (Å²) in [4.78, 5) is 24.9. The molecule has 2 aliphatic heterocycles. The second-order valence-electron chi connectivity index (χ2n) is 4.92. The third-order valence-corrected chi connectivity index (χ3v) is 3.60. The van der Waals surface area contributed by atoms with Crippen molar-refractivity contribution in [3.05, 3.63) is 0 Å². The van der Waals surface area contributed by atoms with Gasteiger partial charge < -0.3 is 15.0 Å². The first-order valence-corrected chi connectivity index (χ1v) is 6.28. The van der Waals surface area contributed by atoms with Crippen LogP contribution in [0.1, 0.15) is 25.7 Å². The molecule has 2 heterocycles. The second kappa shape index (κ2) is 5.49. The number of methoxy groups -OCH3 is 1. The van der Waals surface area contributed by atoms with Crippen molar-refractivity contribution in [2.45, 2.75) is 31.7 Å². The summed E-state index contributed by atoms with van der Waals surface area (Å²) >= 11 is 0. The van der Waals surface area contributed by atoms with Gasteiger partial charge in [-0.15, -0.1) is 0 Å². The summed E-state index contributed by atoms with van der Waals surface area (Å²) in [5.41, 5.74) is 0. The summed E-state index contributed by atoms with van der Waals surface area (Å²) in [5.74, 6) is 0.0486. The molecule has 17 heavy (non-hydrogen) atoms. The van der Waals surface area contributed by atoms with E-state index in [0.717, 1.165) is 38.9 Å². The first kappa shape index (κ1) is 12.4. The summed E-state index contributed by atoms with van der Waals surface area (Å²) in [6.07, 6.45) is 3.50. The highest BCUT2D eigenvalue weighted by atomic mass is 16.5. The molecule has 0 spiro atoms. The Morgan fingerprint density at radius 3 is 3.00 bits per heavy atom. The molecule has 2 aliphatic rings. The van der Waals surface area contributed by atoms with E-state index in [4.69, 9.17) is 4.74 Å². The predicted molar refractivity (Wildman–Crippen MR) is 62.3 cm³/mol. The number of rotatable bonds is 3. The largest absolute Gasteiger partial charge is 0.469 e. The molecule has 2 fully saturated rings. The zero-order valence-electron chi connectivity index (χ0n) is 10.3. The van der Waals surface area contributed by atoms with Gasteiger partial charge in [-0.2, -0.15) is 0 Å². The van der Waals surface area contributed by atoms with Crippen LogP contribution in [0.5, 0.6) is 0 Å². The van der Waals surface area contributed by atoms with E-state index >= 15 is 0 Å². The topological polar surface area (TPSA) is 58.6 Å². The zero-order chi connectivity index (χ0) is 12.3. The average molecular weight is 240 g/mol. The molecule has 0 aromatic rings. The lowest BCUT2D eigenvalue weighted by atomic mass is 9.97. The van der Waals surface area contributed by atoms with Gasteiger partial charge in [0, 0.05) is 25.6 Å². The standard InChI is InChI=1S/C12H20N2O3/c1-17-12(16)9-3-2-6-14(7-9)8-10-4-5-11(15)13-10/h9-10H,2-8H2,1H3,(H,13,15)/t9-,10?/m0/s1. The molecule has 5 nitrogen and oxygen atoms in total. The highest BCUT2D eigenvalue weighted by molar-refractivity contribution is 5.78. The number of esters is 1. The van der Waals surface area contributed by atoms with E-state index < -0.39 is 0 Å². The molecule has 2 saturated heterocycles. The van der Waals surface area contributed by atoms with Crippen molar-refractivity contribution in [3.63, 3.8) is 0 Å². The Bertz CT molecular complexity index is 306. The van der Waals surface area contributed by atoms with Crippen molar-refractivity contribution in [1.29, 1.82) is 0 Å². The molecule has 1 amide bonds. The molecular formula is C12H20N2O3. The number of piperidine rings is 1. The lowest BCUT2D eigenvalue weighted by molar-refractivity contribution is -0.147.